The standard InChI is InChI=1S/C20H28N2O3/c1-12-18-14(11-17-19(12)25-13(2)24-17)9-10-22(20(18)23)16-7-5-15(6-8-16)21(3)4/h11,13,15-16H,5-10H2,1-4H3/t13?,15-,16-. The Bertz CT molecular complexity index is 693. The third-order valence-electron chi connectivity index (χ3n) is 6.08. The summed E-state index contributed by atoms with van der Waals surface area (Å²) in [5.41, 5.74) is 2.89. The van der Waals surface area contributed by atoms with Gasteiger partial charge in [-0.1, -0.05) is 0 Å². The molecule has 0 N–H and O–H groups in total. The lowest BCUT2D eigenvalue weighted by Gasteiger charge is -2.41. The molecule has 4 rings (SSSR count). The normalized spacial score (nSPS) is 28.4. The summed E-state index contributed by atoms with van der Waals surface area (Å²) in [6.07, 6.45) is 5.18. The molecule has 3 aliphatic rings. The largest absolute Gasteiger partial charge is 0.451 e. The molecule has 25 heavy (non-hydrogen) atoms. The van der Waals surface area contributed by atoms with Gasteiger partial charge in [-0.2, -0.15) is 0 Å². The Labute approximate surface area is 149 Å². The number of nitrogens with zero attached hydrogens (tertiary/aromatic N) is 2. The number of carbonyl (C=O) groups excluding carboxylic acids is 1. The number of hydrogen-bond donors (Lipinski definition) is 0. The summed E-state index contributed by atoms with van der Waals surface area (Å²) in [4.78, 5) is 17.7. The summed E-state index contributed by atoms with van der Waals surface area (Å²) in [5, 5.41) is 0. The van der Waals surface area contributed by atoms with E-state index in [0.29, 0.717) is 12.1 Å². The highest BCUT2D eigenvalue weighted by Gasteiger charge is 2.36. The molecule has 1 aliphatic carbocycles. The molecule has 0 saturated heterocycles. The average molecular weight is 344 g/mol. The Morgan fingerprint density at radius 1 is 1.16 bits per heavy atom. The van der Waals surface area contributed by atoms with Gasteiger partial charge in [0.1, 0.15) is 0 Å². The predicted octanol–water partition coefficient (Wildman–Crippen LogP) is 2.98. The predicted molar refractivity (Wildman–Crippen MR) is 96.4 cm³/mol. The average Bonchev–Trinajstić information content (AvgIpc) is 2.96. The van der Waals surface area contributed by atoms with Crippen LogP contribution in [0.15, 0.2) is 6.07 Å². The molecule has 2 aliphatic heterocycles. The van der Waals surface area contributed by atoms with Crippen LogP contribution >= 0.6 is 0 Å². The van der Waals surface area contributed by atoms with E-state index in [-0.39, 0.29) is 12.2 Å². The van der Waals surface area contributed by atoms with E-state index in [1.807, 2.05) is 19.9 Å². The van der Waals surface area contributed by atoms with Crippen molar-refractivity contribution in [1.29, 1.82) is 0 Å². The van der Waals surface area contributed by atoms with Crippen LogP contribution in [0.2, 0.25) is 0 Å². The summed E-state index contributed by atoms with van der Waals surface area (Å²) in [5.74, 6) is 1.72. The maximum absolute atomic E-state index is 13.3. The summed E-state index contributed by atoms with van der Waals surface area (Å²) in [6, 6.07) is 3.04. The maximum Gasteiger partial charge on any atom is 0.254 e. The minimum atomic E-state index is -0.273. The SMILES string of the molecule is Cc1c2c(cc3c1C(=O)N([C@H]1CC[C@H](N(C)C)CC1)CC3)OC(C)O2. The fraction of sp³-hybridized carbons (Fsp3) is 0.650. The monoisotopic (exact) mass is 344 g/mol. The van der Waals surface area contributed by atoms with Gasteiger partial charge in [-0.15, -0.1) is 0 Å². The Balaban J connectivity index is 1.57. The number of fused-ring (bicyclic) bond motifs is 2. The summed E-state index contributed by atoms with van der Waals surface area (Å²) < 4.78 is 11.5. The Hall–Kier alpha value is -1.75. The van der Waals surface area contributed by atoms with Gasteiger partial charge in [0.25, 0.3) is 5.91 Å². The van der Waals surface area contributed by atoms with Crippen LogP contribution in [0.4, 0.5) is 0 Å². The minimum absolute atomic E-state index is 0.179. The van der Waals surface area contributed by atoms with Gasteiger partial charge in [-0.3, -0.25) is 4.79 Å². The molecule has 1 aromatic rings. The van der Waals surface area contributed by atoms with E-state index >= 15 is 0 Å². The van der Waals surface area contributed by atoms with Crippen molar-refractivity contribution >= 4 is 5.91 Å². The van der Waals surface area contributed by atoms with Crippen molar-refractivity contribution in [3.63, 3.8) is 0 Å². The highest BCUT2D eigenvalue weighted by molar-refractivity contribution is 5.99. The molecule has 1 atom stereocenters. The third-order valence-corrected chi connectivity index (χ3v) is 6.08. The van der Waals surface area contributed by atoms with Gasteiger partial charge in [-0.25, -0.2) is 0 Å². The van der Waals surface area contributed by atoms with Gasteiger partial charge < -0.3 is 19.3 Å². The van der Waals surface area contributed by atoms with Crippen molar-refractivity contribution in [1.82, 2.24) is 9.80 Å². The first-order valence-corrected chi connectivity index (χ1v) is 9.43. The molecule has 0 bridgehead atoms. The van der Waals surface area contributed by atoms with Crippen LogP contribution in [0.1, 0.15) is 54.1 Å². The van der Waals surface area contributed by atoms with Crippen LogP contribution in [-0.2, 0) is 6.42 Å². The summed E-state index contributed by atoms with van der Waals surface area (Å²) >= 11 is 0. The highest BCUT2D eigenvalue weighted by Crippen LogP contribution is 2.43. The number of amides is 1. The van der Waals surface area contributed by atoms with Crippen LogP contribution in [0.3, 0.4) is 0 Å². The van der Waals surface area contributed by atoms with Gasteiger partial charge in [0.05, 0.1) is 0 Å². The fourth-order valence-electron chi connectivity index (χ4n) is 4.65. The molecule has 1 fully saturated rings. The third kappa shape index (κ3) is 2.78. The zero-order chi connectivity index (χ0) is 17.7. The minimum Gasteiger partial charge on any atom is -0.451 e. The molecular weight excluding hydrogens is 316 g/mol. The molecule has 0 aromatic heterocycles. The first kappa shape index (κ1) is 16.7. The topological polar surface area (TPSA) is 42.0 Å². The summed E-state index contributed by atoms with van der Waals surface area (Å²) in [6.45, 7) is 4.69. The van der Waals surface area contributed by atoms with Crippen LogP contribution < -0.4 is 9.47 Å². The molecule has 1 unspecified atom stereocenters. The van der Waals surface area contributed by atoms with E-state index < -0.39 is 0 Å². The second-order valence-corrected chi connectivity index (χ2v) is 7.84. The van der Waals surface area contributed by atoms with Crippen molar-refractivity contribution < 1.29 is 14.3 Å². The van der Waals surface area contributed by atoms with Crippen LogP contribution in [0, 0.1) is 6.92 Å². The molecule has 5 nitrogen and oxygen atoms in total. The lowest BCUT2D eigenvalue weighted by molar-refractivity contribution is 0.0568. The van der Waals surface area contributed by atoms with Crippen molar-refractivity contribution in [2.24, 2.45) is 0 Å². The molecule has 1 saturated carbocycles. The number of hydrogen-bond acceptors (Lipinski definition) is 4. The first-order chi connectivity index (χ1) is 12.0. The zero-order valence-corrected chi connectivity index (χ0v) is 15.7. The lowest BCUT2D eigenvalue weighted by atomic mass is 9.86. The molecule has 0 spiro atoms. The number of benzene rings is 1. The van der Waals surface area contributed by atoms with E-state index in [9.17, 15) is 4.79 Å². The Morgan fingerprint density at radius 3 is 2.56 bits per heavy atom. The van der Waals surface area contributed by atoms with Gasteiger partial charge in [0.2, 0.25) is 6.29 Å². The molecule has 0 radical (unpaired) electrons. The quantitative estimate of drug-likeness (QED) is 0.827. The summed E-state index contributed by atoms with van der Waals surface area (Å²) in [7, 11) is 4.31. The molecule has 5 heteroatoms. The van der Waals surface area contributed by atoms with Crippen molar-refractivity contribution in [3.05, 3.63) is 22.8 Å². The van der Waals surface area contributed by atoms with Crippen LogP contribution in [-0.4, -0.2) is 54.7 Å². The Kier molecular flexibility index (Phi) is 4.14. The van der Waals surface area contributed by atoms with E-state index in [0.717, 1.165) is 54.0 Å². The maximum atomic E-state index is 13.3. The second kappa shape index (κ2) is 6.20. The van der Waals surface area contributed by atoms with Gasteiger partial charge in [-0.05, 0) is 64.8 Å². The van der Waals surface area contributed by atoms with Crippen LogP contribution in [0.5, 0.6) is 11.5 Å². The molecule has 1 aromatic carbocycles. The van der Waals surface area contributed by atoms with Gasteiger partial charge in [0.15, 0.2) is 11.5 Å². The highest BCUT2D eigenvalue weighted by atomic mass is 16.7. The molecule has 1 amide bonds. The van der Waals surface area contributed by atoms with E-state index in [4.69, 9.17) is 9.47 Å². The molecule has 2 heterocycles. The first-order valence-electron chi connectivity index (χ1n) is 9.43. The van der Waals surface area contributed by atoms with Gasteiger partial charge in [0, 0.05) is 36.7 Å². The number of ether oxygens (including phenoxy) is 2. The lowest BCUT2D eigenvalue weighted by Crippen LogP contribution is -2.48. The van der Waals surface area contributed by atoms with Crippen molar-refractivity contribution in [2.45, 2.75) is 64.3 Å². The zero-order valence-electron chi connectivity index (χ0n) is 15.7. The van der Waals surface area contributed by atoms with E-state index in [2.05, 4.69) is 23.9 Å². The van der Waals surface area contributed by atoms with Crippen molar-refractivity contribution in [2.75, 3.05) is 20.6 Å². The fourth-order valence-corrected chi connectivity index (χ4v) is 4.65. The van der Waals surface area contributed by atoms with E-state index in [1.54, 1.807) is 0 Å². The van der Waals surface area contributed by atoms with Crippen LogP contribution in [0.25, 0.3) is 0 Å². The van der Waals surface area contributed by atoms with Crippen molar-refractivity contribution in [3.8, 4) is 11.5 Å². The van der Waals surface area contributed by atoms with E-state index in [1.165, 1.54) is 12.8 Å². The smallest absolute Gasteiger partial charge is 0.254 e. The molecule has 136 valence electrons. The number of carbonyl (C=O) groups is 1. The second-order valence-electron chi connectivity index (χ2n) is 7.84. The van der Waals surface area contributed by atoms with Gasteiger partial charge >= 0.3 is 0 Å². The number of rotatable bonds is 2. The Morgan fingerprint density at radius 2 is 1.88 bits per heavy atom. The molecular formula is C20H28N2O3.